The minimum atomic E-state index is -4.00. The average Bonchev–Trinajstić information content (AvgIpc) is 4.00. The molecule has 11 nitrogen and oxygen atoms in total. The highest BCUT2D eigenvalue weighted by molar-refractivity contribution is 7.89. The van der Waals surface area contributed by atoms with Crippen molar-refractivity contribution < 1.29 is 32.5 Å². The van der Waals surface area contributed by atoms with Gasteiger partial charge in [0.2, 0.25) is 10.0 Å². The minimum Gasteiger partial charge on any atom is -0.459 e. The Labute approximate surface area is 343 Å². The first-order chi connectivity index (χ1) is 27.4. The maximum absolute atomic E-state index is 14.4. The van der Waals surface area contributed by atoms with E-state index in [0.29, 0.717) is 24.9 Å². The number of thiazole rings is 1. The van der Waals surface area contributed by atoms with Crippen molar-refractivity contribution in [3.05, 3.63) is 59.1 Å². The number of aliphatic hydroxyl groups excluding tert-OH is 1. The molecule has 1 aliphatic carbocycles. The Morgan fingerprint density at radius 1 is 1.00 bits per heavy atom. The van der Waals surface area contributed by atoms with E-state index in [2.05, 4.69) is 24.1 Å². The quantitative estimate of drug-likeness (QED) is 0.142. The van der Waals surface area contributed by atoms with Crippen LogP contribution in [0, 0.1) is 29.6 Å². The molecule has 13 heteroatoms. The van der Waals surface area contributed by atoms with Crippen LogP contribution in [-0.2, 0) is 41.9 Å². The van der Waals surface area contributed by atoms with Crippen molar-refractivity contribution in [2.24, 2.45) is 29.6 Å². The third-order valence-corrected chi connectivity index (χ3v) is 15.3. The molecular weight excluding hydrogens is 761 g/mol. The molecule has 0 radical (unpaired) electrons. The van der Waals surface area contributed by atoms with Gasteiger partial charge in [0.05, 0.1) is 51.8 Å². The van der Waals surface area contributed by atoms with Gasteiger partial charge in [0, 0.05) is 37.5 Å². The van der Waals surface area contributed by atoms with Gasteiger partial charge in [-0.25, -0.2) is 13.4 Å². The monoisotopic (exact) mass is 824 g/mol. The number of likely N-dealkylation sites (tertiary alicyclic amines) is 1. The van der Waals surface area contributed by atoms with Gasteiger partial charge in [0.15, 0.2) is 6.29 Å². The molecule has 3 aromatic rings. The van der Waals surface area contributed by atoms with Gasteiger partial charge in [-0.05, 0) is 106 Å². The molecule has 0 spiro atoms. The van der Waals surface area contributed by atoms with E-state index >= 15 is 0 Å². The Hall–Kier alpha value is -2.49. The number of esters is 1. The number of carbonyl (C=O) groups is 1. The normalized spacial score (nSPS) is 26.8. The molecule has 57 heavy (non-hydrogen) atoms. The number of hydrogen-bond donors (Lipinski definition) is 2. The number of hydrogen-bond acceptors (Lipinski definition) is 11. The molecule has 4 fully saturated rings. The van der Waals surface area contributed by atoms with Crippen LogP contribution in [0.15, 0.2) is 53.4 Å². The van der Waals surface area contributed by atoms with E-state index in [-0.39, 0.29) is 48.9 Å². The zero-order valence-electron chi connectivity index (χ0n) is 34.3. The topological polar surface area (TPSA) is 131 Å². The molecule has 0 unspecified atom stereocenters. The average molecular weight is 825 g/mol. The summed E-state index contributed by atoms with van der Waals surface area (Å²) in [4.78, 5) is 21.5. The van der Waals surface area contributed by atoms with Gasteiger partial charge in [-0.3, -0.25) is 4.79 Å². The summed E-state index contributed by atoms with van der Waals surface area (Å²) in [5, 5.41) is 16.5. The molecule has 4 heterocycles. The highest BCUT2D eigenvalue weighted by Gasteiger charge is 2.50. The number of nitrogens with one attached hydrogen (secondary N) is 1. The second-order valence-corrected chi connectivity index (χ2v) is 20.9. The van der Waals surface area contributed by atoms with Crippen LogP contribution in [0.25, 0.3) is 10.2 Å². The lowest BCUT2D eigenvalue weighted by molar-refractivity contribution is -0.153. The number of benzene rings is 2. The number of aromatic nitrogens is 1. The summed E-state index contributed by atoms with van der Waals surface area (Å²) in [6.07, 6.45) is 6.82. The van der Waals surface area contributed by atoms with Gasteiger partial charge in [0.25, 0.3) is 0 Å². The van der Waals surface area contributed by atoms with E-state index < -0.39 is 40.4 Å². The van der Waals surface area contributed by atoms with Crippen LogP contribution in [0.3, 0.4) is 0 Å². The fourth-order valence-corrected chi connectivity index (χ4v) is 12.2. The Morgan fingerprint density at radius 2 is 1.74 bits per heavy atom. The number of carbonyl (C=O) groups excluding carboxylic acids is 1. The number of fused-ring (bicyclic) bond motifs is 2. The second-order valence-electron chi connectivity index (χ2n) is 17.8. The lowest BCUT2D eigenvalue weighted by Crippen LogP contribution is -2.44. The van der Waals surface area contributed by atoms with Crippen molar-refractivity contribution in [2.75, 3.05) is 45.9 Å². The number of ether oxygens (including phenoxy) is 3. The zero-order chi connectivity index (χ0) is 40.1. The van der Waals surface area contributed by atoms with Crippen LogP contribution in [0.5, 0.6) is 0 Å². The molecule has 0 bridgehead atoms. The van der Waals surface area contributed by atoms with Crippen LogP contribution in [0.1, 0.15) is 83.2 Å². The molecule has 0 amide bonds. The minimum absolute atomic E-state index is 0.00463. The summed E-state index contributed by atoms with van der Waals surface area (Å²) < 4.78 is 48.9. The Morgan fingerprint density at radius 3 is 2.46 bits per heavy atom. The third-order valence-electron chi connectivity index (χ3n) is 12.4. The maximum Gasteiger partial charge on any atom is 0.306 e. The van der Waals surface area contributed by atoms with Crippen LogP contribution in [0.4, 0.5) is 0 Å². The van der Waals surface area contributed by atoms with Gasteiger partial charge in [-0.15, -0.1) is 11.3 Å². The highest BCUT2D eigenvalue weighted by Crippen LogP contribution is 2.36. The lowest BCUT2D eigenvalue weighted by atomic mass is 9.83. The smallest absolute Gasteiger partial charge is 0.306 e. The van der Waals surface area contributed by atoms with Crippen molar-refractivity contribution in [3.63, 3.8) is 0 Å². The Balaban J connectivity index is 1.03. The summed E-state index contributed by atoms with van der Waals surface area (Å²) in [5.41, 5.74) is 1.77. The number of sulfonamides is 1. The maximum atomic E-state index is 14.4. The SMILES string of the molecule is CC(C)CN[C@H]1CO[C@@H]2OC[C@H](OC(=O)C[C@@H](Cc3ccccc3)[C@@H](O)CN(CC(C)C)S(=O)(=O)c3ccc4nc(CC5CCC(N6CCCC6)CC5)sc4c3)[C@@H]21. The largest absolute Gasteiger partial charge is 0.459 e. The lowest BCUT2D eigenvalue weighted by Gasteiger charge is -2.34. The number of nitrogens with zero attached hydrogens (tertiary/aromatic N) is 3. The summed E-state index contributed by atoms with van der Waals surface area (Å²) in [6, 6.07) is 15.7. The number of rotatable bonds is 18. The predicted octanol–water partition coefficient (Wildman–Crippen LogP) is 6.28. The first kappa shape index (κ1) is 42.6. The number of aliphatic hydroxyl groups is 1. The molecule has 6 atom stereocenters. The van der Waals surface area contributed by atoms with Crippen molar-refractivity contribution in [1.82, 2.24) is 19.5 Å². The fraction of sp³-hybridized carbons (Fsp3) is 0.682. The van der Waals surface area contributed by atoms with Crippen molar-refractivity contribution in [2.45, 2.75) is 121 Å². The molecule has 3 aliphatic heterocycles. The van der Waals surface area contributed by atoms with E-state index in [1.807, 2.05) is 50.2 Å². The fourth-order valence-electron chi connectivity index (χ4n) is 9.34. The Kier molecular flexibility index (Phi) is 14.4. The molecule has 2 N–H and O–H groups in total. The molecule has 2 aromatic carbocycles. The first-order valence-corrected chi connectivity index (χ1v) is 23.7. The van der Waals surface area contributed by atoms with Crippen molar-refractivity contribution >= 4 is 37.5 Å². The summed E-state index contributed by atoms with van der Waals surface area (Å²) >= 11 is 1.60. The van der Waals surface area contributed by atoms with E-state index in [4.69, 9.17) is 19.2 Å². The van der Waals surface area contributed by atoms with Crippen LogP contribution >= 0.6 is 11.3 Å². The van der Waals surface area contributed by atoms with Crippen molar-refractivity contribution in [3.8, 4) is 0 Å². The first-order valence-electron chi connectivity index (χ1n) is 21.4. The summed E-state index contributed by atoms with van der Waals surface area (Å²) in [7, 11) is -4.00. The zero-order valence-corrected chi connectivity index (χ0v) is 35.9. The van der Waals surface area contributed by atoms with E-state index in [0.717, 1.165) is 39.8 Å². The van der Waals surface area contributed by atoms with Crippen molar-refractivity contribution in [1.29, 1.82) is 0 Å². The van der Waals surface area contributed by atoms with Gasteiger partial charge < -0.3 is 29.5 Å². The van der Waals surface area contributed by atoms with Gasteiger partial charge in [-0.2, -0.15) is 4.31 Å². The third kappa shape index (κ3) is 10.8. The standard InChI is InChI=1S/C44H64N4O7S2/c1-29(2)24-45-37-27-53-44-43(37)39(28-54-44)55-42(50)22-33(20-31-10-6-5-7-11-31)38(49)26-48(25-30(3)4)57(51,52)35-16-17-36-40(23-35)56-41(46-36)21-32-12-14-34(15-13-32)47-18-8-9-19-47/h5-7,10-11,16-17,23,29-30,32-34,37-39,43-45,49H,8-9,12-15,18-22,24-28H2,1-4H3/t32?,33-,34?,37+,38+,39+,43+,44-/m1/s1. The molecule has 3 saturated heterocycles. The molecule has 4 aliphatic rings. The van der Waals surface area contributed by atoms with Gasteiger partial charge in [0.1, 0.15) is 6.10 Å². The second kappa shape index (κ2) is 19.3. The molecule has 1 saturated carbocycles. The Bertz CT molecular complexity index is 1860. The van der Waals surface area contributed by atoms with Crippen LogP contribution in [0.2, 0.25) is 0 Å². The van der Waals surface area contributed by atoms with E-state index in [1.54, 1.807) is 23.5 Å². The molecule has 314 valence electrons. The summed E-state index contributed by atoms with van der Waals surface area (Å²) in [6.45, 7) is 12.4. The van der Waals surface area contributed by atoms with Crippen LogP contribution in [-0.4, -0.2) is 110 Å². The van der Waals surface area contributed by atoms with Gasteiger partial charge in [-0.1, -0.05) is 58.0 Å². The van der Waals surface area contributed by atoms with E-state index in [9.17, 15) is 18.3 Å². The highest BCUT2D eigenvalue weighted by atomic mass is 32.2. The van der Waals surface area contributed by atoms with E-state index in [1.165, 1.54) is 55.9 Å². The molecular formula is C44H64N4O7S2. The predicted molar refractivity (Wildman–Crippen MR) is 223 cm³/mol. The van der Waals surface area contributed by atoms with Crippen LogP contribution < -0.4 is 5.32 Å². The molecule has 7 rings (SSSR count). The molecule has 1 aromatic heterocycles. The van der Waals surface area contributed by atoms with Gasteiger partial charge >= 0.3 is 5.97 Å². The summed E-state index contributed by atoms with van der Waals surface area (Å²) in [5.74, 6) is -0.0779.